The maximum Gasteiger partial charge on any atom is 0.0984 e. The summed E-state index contributed by atoms with van der Waals surface area (Å²) >= 11 is 0. The van der Waals surface area contributed by atoms with Crippen LogP contribution in [0.2, 0.25) is 0 Å². The molecule has 2 aromatic rings. The highest BCUT2D eigenvalue weighted by atomic mass is 16.6. The Morgan fingerprint density at radius 1 is 0.839 bits per heavy atom. The van der Waals surface area contributed by atoms with Crippen molar-refractivity contribution in [3.8, 4) is 0 Å². The van der Waals surface area contributed by atoms with Crippen LogP contribution in [0.5, 0.6) is 0 Å². The Balaban J connectivity index is 0.000000535. The van der Waals surface area contributed by atoms with Gasteiger partial charge in [-0.15, -0.1) is 0 Å². The SMILES string of the molecule is CCOC.c1cc(NCC2CO2)ccc1Cc1ccc(N(CC2CO2)CC2CO2)cc1. The van der Waals surface area contributed by atoms with Crippen LogP contribution < -0.4 is 10.2 Å². The van der Waals surface area contributed by atoms with Crippen molar-refractivity contribution in [1.29, 1.82) is 0 Å². The molecule has 6 heteroatoms. The van der Waals surface area contributed by atoms with Gasteiger partial charge in [0.25, 0.3) is 0 Å². The molecule has 0 aromatic heterocycles. The van der Waals surface area contributed by atoms with E-state index in [-0.39, 0.29) is 0 Å². The van der Waals surface area contributed by atoms with Crippen molar-refractivity contribution in [3.63, 3.8) is 0 Å². The zero-order valence-corrected chi connectivity index (χ0v) is 18.6. The molecule has 0 aliphatic carbocycles. The van der Waals surface area contributed by atoms with Gasteiger partial charge in [-0.05, 0) is 48.7 Å². The fraction of sp³-hybridized carbons (Fsp3) is 0.520. The van der Waals surface area contributed by atoms with E-state index in [9.17, 15) is 0 Å². The van der Waals surface area contributed by atoms with Gasteiger partial charge in [0, 0.05) is 44.7 Å². The number of methoxy groups -OCH3 is 1. The molecule has 3 unspecified atom stereocenters. The van der Waals surface area contributed by atoms with Gasteiger partial charge in [-0.3, -0.25) is 0 Å². The third-order valence-corrected chi connectivity index (χ3v) is 5.54. The number of benzene rings is 2. The van der Waals surface area contributed by atoms with Gasteiger partial charge in [0.05, 0.1) is 38.1 Å². The lowest BCUT2D eigenvalue weighted by molar-refractivity contribution is 0.215. The Labute approximate surface area is 185 Å². The Kier molecular flexibility index (Phi) is 7.81. The third kappa shape index (κ3) is 7.82. The summed E-state index contributed by atoms with van der Waals surface area (Å²) in [7, 11) is 1.68. The average Bonchev–Trinajstić information content (AvgIpc) is 3.63. The number of hydrogen-bond acceptors (Lipinski definition) is 6. The molecule has 2 aromatic carbocycles. The number of nitrogens with one attached hydrogen (secondary N) is 1. The van der Waals surface area contributed by atoms with E-state index in [1.54, 1.807) is 7.11 Å². The molecule has 3 saturated heterocycles. The largest absolute Gasteiger partial charge is 0.385 e. The highest BCUT2D eigenvalue weighted by Gasteiger charge is 2.30. The molecule has 0 radical (unpaired) electrons. The van der Waals surface area contributed by atoms with Crippen LogP contribution in [0.25, 0.3) is 0 Å². The Hall–Kier alpha value is -2.12. The maximum atomic E-state index is 5.41. The molecule has 0 spiro atoms. The number of ether oxygens (including phenoxy) is 4. The second kappa shape index (κ2) is 11.0. The highest BCUT2D eigenvalue weighted by molar-refractivity contribution is 5.50. The minimum Gasteiger partial charge on any atom is -0.385 e. The minimum atomic E-state index is 0.391. The molecule has 3 aliphatic heterocycles. The van der Waals surface area contributed by atoms with E-state index in [1.165, 1.54) is 16.8 Å². The van der Waals surface area contributed by atoms with E-state index in [0.29, 0.717) is 18.3 Å². The second-order valence-corrected chi connectivity index (χ2v) is 8.27. The summed E-state index contributed by atoms with van der Waals surface area (Å²) in [6.45, 7) is 8.26. The average molecular weight is 427 g/mol. The van der Waals surface area contributed by atoms with E-state index < -0.39 is 0 Å². The van der Waals surface area contributed by atoms with Crippen molar-refractivity contribution in [3.05, 3.63) is 59.7 Å². The minimum absolute atomic E-state index is 0.391. The second-order valence-electron chi connectivity index (χ2n) is 8.27. The van der Waals surface area contributed by atoms with Crippen LogP contribution in [0.1, 0.15) is 18.1 Å². The van der Waals surface area contributed by atoms with Crippen molar-refractivity contribution in [1.82, 2.24) is 0 Å². The Bertz CT molecular complexity index is 768. The predicted octanol–water partition coefficient (Wildman–Crippen LogP) is 3.34. The van der Waals surface area contributed by atoms with Crippen LogP contribution in [0.15, 0.2) is 48.5 Å². The molecule has 31 heavy (non-hydrogen) atoms. The number of rotatable bonds is 11. The fourth-order valence-electron chi connectivity index (χ4n) is 3.34. The quantitative estimate of drug-likeness (QED) is 0.556. The summed E-state index contributed by atoms with van der Waals surface area (Å²) in [6, 6.07) is 17.6. The number of anilines is 2. The van der Waals surface area contributed by atoms with Crippen LogP contribution in [-0.2, 0) is 25.4 Å². The van der Waals surface area contributed by atoms with Crippen LogP contribution in [-0.4, -0.2) is 71.5 Å². The molecule has 3 fully saturated rings. The van der Waals surface area contributed by atoms with E-state index in [0.717, 1.165) is 58.2 Å². The molecule has 0 bridgehead atoms. The molecule has 6 nitrogen and oxygen atoms in total. The van der Waals surface area contributed by atoms with Gasteiger partial charge < -0.3 is 29.2 Å². The summed E-state index contributed by atoms with van der Waals surface area (Å²) in [4.78, 5) is 2.39. The van der Waals surface area contributed by atoms with Gasteiger partial charge in [-0.2, -0.15) is 0 Å². The first kappa shape index (κ1) is 22.1. The van der Waals surface area contributed by atoms with Gasteiger partial charge in [0.1, 0.15) is 0 Å². The normalized spacial score (nSPS) is 22.8. The summed E-state index contributed by atoms with van der Waals surface area (Å²) < 4.78 is 20.6. The van der Waals surface area contributed by atoms with Crippen LogP contribution in [0.3, 0.4) is 0 Å². The lowest BCUT2D eigenvalue weighted by Gasteiger charge is -2.23. The highest BCUT2D eigenvalue weighted by Crippen LogP contribution is 2.24. The van der Waals surface area contributed by atoms with Gasteiger partial charge in [-0.1, -0.05) is 24.3 Å². The van der Waals surface area contributed by atoms with Crippen LogP contribution in [0.4, 0.5) is 11.4 Å². The summed E-state index contributed by atoms with van der Waals surface area (Å²) in [6.07, 6.45) is 2.13. The van der Waals surface area contributed by atoms with Crippen molar-refractivity contribution in [2.24, 2.45) is 0 Å². The standard InChI is InChI=1S/C22H26N2O3.C3H8O/c1-5-18(23-10-20-13-25-20)6-2-16(1)9-17-3-7-19(8-4-17)24(11-21-14-26-21)12-22-15-27-22;1-3-4-2/h1-8,20-23H,9-15H2;3H2,1-2H3. The van der Waals surface area contributed by atoms with E-state index in [4.69, 9.17) is 14.2 Å². The third-order valence-electron chi connectivity index (χ3n) is 5.54. The van der Waals surface area contributed by atoms with Gasteiger partial charge in [0.2, 0.25) is 0 Å². The number of hydrogen-bond donors (Lipinski definition) is 1. The number of epoxide rings is 3. The van der Waals surface area contributed by atoms with Gasteiger partial charge >= 0.3 is 0 Å². The van der Waals surface area contributed by atoms with Crippen molar-refractivity contribution in [2.75, 3.05) is 63.4 Å². The van der Waals surface area contributed by atoms with Crippen molar-refractivity contribution < 1.29 is 18.9 Å². The monoisotopic (exact) mass is 426 g/mol. The van der Waals surface area contributed by atoms with Crippen molar-refractivity contribution in [2.45, 2.75) is 31.7 Å². The van der Waals surface area contributed by atoms with E-state index in [2.05, 4.69) is 63.5 Å². The first-order chi connectivity index (χ1) is 15.2. The molecule has 0 amide bonds. The first-order valence-electron chi connectivity index (χ1n) is 11.2. The van der Waals surface area contributed by atoms with Gasteiger partial charge in [-0.25, -0.2) is 0 Å². The predicted molar refractivity (Wildman–Crippen MR) is 123 cm³/mol. The number of nitrogens with zero attached hydrogens (tertiary/aromatic N) is 1. The summed E-state index contributed by atoms with van der Waals surface area (Å²) in [5.74, 6) is 0. The van der Waals surface area contributed by atoms with Crippen LogP contribution in [0, 0.1) is 0 Å². The Morgan fingerprint density at radius 3 is 1.77 bits per heavy atom. The lowest BCUT2D eigenvalue weighted by atomic mass is 10.0. The maximum absolute atomic E-state index is 5.41. The lowest BCUT2D eigenvalue weighted by Crippen LogP contribution is -2.31. The molecule has 168 valence electrons. The summed E-state index contributed by atoms with van der Waals surface area (Å²) in [5.41, 5.74) is 5.07. The molecule has 5 rings (SSSR count). The molecule has 0 saturated carbocycles. The molecule has 3 aliphatic rings. The smallest absolute Gasteiger partial charge is 0.0984 e. The molecular formula is C25H34N2O4. The topological polar surface area (TPSA) is 62.1 Å². The zero-order chi connectivity index (χ0) is 21.5. The first-order valence-corrected chi connectivity index (χ1v) is 11.2. The molecule has 3 heterocycles. The Morgan fingerprint density at radius 2 is 1.32 bits per heavy atom. The van der Waals surface area contributed by atoms with E-state index >= 15 is 0 Å². The fourth-order valence-corrected chi connectivity index (χ4v) is 3.34. The van der Waals surface area contributed by atoms with Crippen LogP contribution >= 0.6 is 0 Å². The van der Waals surface area contributed by atoms with Crippen molar-refractivity contribution >= 4 is 11.4 Å². The molecular weight excluding hydrogens is 392 g/mol. The van der Waals surface area contributed by atoms with Gasteiger partial charge in [0.15, 0.2) is 0 Å². The van der Waals surface area contributed by atoms with E-state index in [1.807, 2.05) is 6.92 Å². The zero-order valence-electron chi connectivity index (χ0n) is 18.6. The molecule has 3 atom stereocenters. The molecule has 1 N–H and O–H groups in total. The summed E-state index contributed by atoms with van der Waals surface area (Å²) in [5, 5.41) is 3.41.